The Morgan fingerprint density at radius 1 is 1.07 bits per heavy atom. The molecule has 2 aliphatic carbocycles. The van der Waals surface area contributed by atoms with Crippen molar-refractivity contribution < 1.29 is 0 Å². The van der Waals surface area contributed by atoms with Gasteiger partial charge in [0.15, 0.2) is 0 Å². The van der Waals surface area contributed by atoms with Crippen LogP contribution in [0.2, 0.25) is 0 Å². The highest BCUT2D eigenvalue weighted by Crippen LogP contribution is 2.51. The van der Waals surface area contributed by atoms with Crippen LogP contribution in [0, 0.1) is 11.3 Å². The first-order chi connectivity index (χ1) is 19.8. The molecule has 2 atom stereocenters. The molecule has 1 aromatic heterocycles. The van der Waals surface area contributed by atoms with Crippen molar-refractivity contribution in [2.24, 2.45) is 0 Å². The molecule has 0 bridgehead atoms. The molecule has 5 nitrogen and oxygen atoms in total. The Labute approximate surface area is 248 Å². The lowest BCUT2D eigenvalue weighted by Gasteiger charge is -2.60. The second kappa shape index (κ2) is 11.3. The number of nitrogens with two attached hydrogens (primary N) is 1. The minimum Gasteiger partial charge on any atom is -0.398 e. The fraction of sp³-hybridized carbons (Fsp3) is 0.667. The van der Waals surface area contributed by atoms with E-state index in [2.05, 4.69) is 55.7 Å². The number of hydrogen-bond donors (Lipinski definition) is 1. The number of nitriles is 1. The van der Waals surface area contributed by atoms with Gasteiger partial charge in [0.1, 0.15) is 6.07 Å². The van der Waals surface area contributed by atoms with Crippen LogP contribution in [0.4, 0.5) is 11.4 Å². The third-order valence-electron chi connectivity index (χ3n) is 11.8. The number of pyridine rings is 1. The van der Waals surface area contributed by atoms with Gasteiger partial charge in [-0.25, -0.2) is 0 Å². The first-order valence-electron chi connectivity index (χ1n) is 16.7. The smallest absolute Gasteiger partial charge is 0.102 e. The number of benzene rings is 1. The highest BCUT2D eigenvalue weighted by Gasteiger charge is 2.50. The molecule has 1 spiro atoms. The lowest BCUT2D eigenvalue weighted by molar-refractivity contribution is 0.151. The lowest BCUT2D eigenvalue weighted by Crippen LogP contribution is -2.64. The average molecular weight is 554 g/mol. The molecular formula is C36H51N5. The van der Waals surface area contributed by atoms with Crippen LogP contribution in [0.15, 0.2) is 18.2 Å². The maximum Gasteiger partial charge on any atom is 0.102 e. The molecular weight excluding hydrogens is 502 g/mol. The fourth-order valence-corrected chi connectivity index (χ4v) is 8.71. The van der Waals surface area contributed by atoms with Crippen molar-refractivity contribution in [2.75, 3.05) is 30.3 Å². The first kappa shape index (κ1) is 28.5. The second-order valence-corrected chi connectivity index (χ2v) is 14.0. The minimum atomic E-state index is 0.311. The Balaban J connectivity index is 0.000000283. The molecule has 1 saturated carbocycles. The number of fused-ring (bicyclic) bond motifs is 2. The number of aromatic nitrogens is 1. The summed E-state index contributed by atoms with van der Waals surface area (Å²) in [5, 5.41) is 9.98. The molecule has 4 fully saturated rings. The van der Waals surface area contributed by atoms with Crippen LogP contribution >= 0.6 is 0 Å². The van der Waals surface area contributed by atoms with Gasteiger partial charge in [-0.15, -0.1) is 0 Å². The lowest BCUT2D eigenvalue weighted by atomic mass is 9.67. The van der Waals surface area contributed by atoms with E-state index in [4.69, 9.17) is 10.7 Å². The summed E-state index contributed by atoms with van der Waals surface area (Å²) in [7, 11) is 0. The molecule has 0 radical (unpaired) electrons. The van der Waals surface area contributed by atoms with Crippen LogP contribution in [0.5, 0.6) is 0 Å². The van der Waals surface area contributed by atoms with Gasteiger partial charge in [-0.3, -0.25) is 9.88 Å². The molecule has 5 heteroatoms. The van der Waals surface area contributed by atoms with Gasteiger partial charge in [-0.05, 0) is 144 Å². The van der Waals surface area contributed by atoms with E-state index < -0.39 is 0 Å². The van der Waals surface area contributed by atoms with Crippen LogP contribution < -0.4 is 10.6 Å². The number of nitrogen functional groups attached to an aromatic ring is 1. The van der Waals surface area contributed by atoms with Gasteiger partial charge in [0.05, 0.1) is 5.56 Å². The monoisotopic (exact) mass is 553 g/mol. The molecule has 3 saturated heterocycles. The molecule has 2 aromatic rings. The predicted octanol–water partition coefficient (Wildman–Crippen LogP) is 7.65. The highest BCUT2D eigenvalue weighted by molar-refractivity contribution is 5.64. The molecule has 220 valence electrons. The van der Waals surface area contributed by atoms with Gasteiger partial charge < -0.3 is 10.6 Å². The number of nitrogens with zero attached hydrogens (tertiary/aromatic N) is 4. The number of hydrogen-bond acceptors (Lipinski definition) is 5. The molecule has 0 amide bonds. The molecule has 3 aliphatic heterocycles. The Morgan fingerprint density at radius 3 is 2.39 bits per heavy atom. The van der Waals surface area contributed by atoms with Gasteiger partial charge in [-0.1, -0.05) is 26.8 Å². The Bertz CT molecular complexity index is 1300. The second-order valence-electron chi connectivity index (χ2n) is 14.0. The van der Waals surface area contributed by atoms with Crippen LogP contribution in [-0.2, 0) is 19.3 Å². The van der Waals surface area contributed by atoms with Crippen molar-refractivity contribution in [1.29, 1.82) is 5.26 Å². The van der Waals surface area contributed by atoms with Crippen molar-refractivity contribution >= 4 is 11.4 Å². The van der Waals surface area contributed by atoms with E-state index in [0.717, 1.165) is 32.1 Å². The van der Waals surface area contributed by atoms with Gasteiger partial charge in [0, 0.05) is 40.4 Å². The Morgan fingerprint density at radius 2 is 1.83 bits per heavy atom. The molecule has 4 heterocycles. The zero-order valence-electron chi connectivity index (χ0n) is 26.1. The summed E-state index contributed by atoms with van der Waals surface area (Å²) in [6, 6.07) is 8.91. The van der Waals surface area contributed by atoms with E-state index in [1.165, 1.54) is 105 Å². The van der Waals surface area contributed by atoms with Crippen LogP contribution in [0.1, 0.15) is 137 Å². The molecule has 1 unspecified atom stereocenters. The van der Waals surface area contributed by atoms with E-state index in [0.29, 0.717) is 34.2 Å². The maximum atomic E-state index is 9.98. The fourth-order valence-electron chi connectivity index (χ4n) is 8.71. The number of rotatable bonds is 5. The van der Waals surface area contributed by atoms with Crippen molar-refractivity contribution in [3.63, 3.8) is 0 Å². The summed E-state index contributed by atoms with van der Waals surface area (Å²) in [6.45, 7) is 13.0. The predicted molar refractivity (Wildman–Crippen MR) is 170 cm³/mol. The van der Waals surface area contributed by atoms with Crippen LogP contribution in [-0.4, -0.2) is 40.6 Å². The van der Waals surface area contributed by atoms with E-state index in [1.54, 1.807) is 0 Å². The topological polar surface area (TPSA) is 69.2 Å². The molecule has 2 N–H and O–H groups in total. The van der Waals surface area contributed by atoms with Crippen molar-refractivity contribution in [3.8, 4) is 6.07 Å². The quantitative estimate of drug-likeness (QED) is 0.385. The normalized spacial score (nSPS) is 24.4. The van der Waals surface area contributed by atoms with E-state index >= 15 is 0 Å². The van der Waals surface area contributed by atoms with Gasteiger partial charge in [-0.2, -0.15) is 5.26 Å². The minimum absolute atomic E-state index is 0.311. The van der Waals surface area contributed by atoms with Gasteiger partial charge in [0.2, 0.25) is 0 Å². The summed E-state index contributed by atoms with van der Waals surface area (Å²) in [5.74, 6) is 0.732. The molecule has 41 heavy (non-hydrogen) atoms. The molecule has 7 rings (SSSR count). The van der Waals surface area contributed by atoms with Crippen molar-refractivity contribution in [2.45, 2.75) is 134 Å². The van der Waals surface area contributed by atoms with E-state index in [9.17, 15) is 5.26 Å². The van der Waals surface area contributed by atoms with Crippen molar-refractivity contribution in [3.05, 3.63) is 51.8 Å². The Hall–Kier alpha value is -2.58. The number of anilines is 2. The van der Waals surface area contributed by atoms with Crippen LogP contribution in [0.25, 0.3) is 0 Å². The zero-order valence-corrected chi connectivity index (χ0v) is 26.1. The average Bonchev–Trinajstić information content (AvgIpc) is 3.48. The maximum absolute atomic E-state index is 9.98. The third kappa shape index (κ3) is 4.95. The van der Waals surface area contributed by atoms with Crippen LogP contribution in [0.3, 0.4) is 0 Å². The summed E-state index contributed by atoms with van der Waals surface area (Å²) in [6.07, 6.45) is 16.2. The SMILES string of the molecule is CC12CCCN1CCC2.CCc1cc(N2CCC23CCC3)c2c(n1)CC(c1c([C@@H](C)CC)ccc(N)c1C#N)CC2. The largest absolute Gasteiger partial charge is 0.398 e. The van der Waals surface area contributed by atoms with Gasteiger partial charge in [0.25, 0.3) is 0 Å². The van der Waals surface area contributed by atoms with Gasteiger partial charge >= 0.3 is 0 Å². The molecule has 1 aromatic carbocycles. The standard InChI is InChI=1S/C28H36N4.C8H15N/c1-4-18(3)21-9-10-24(30)23(17-29)27(21)19-7-8-22-25(15-19)31-20(5-2)16-26(22)32-14-13-28(32)11-6-12-28;1-8-4-2-6-9(8)7-3-5-8/h9-10,16,18-19H,4-8,11-15,30H2,1-3H3;2-7H2,1H3/t18-,19?;/m0./s1. The van der Waals surface area contributed by atoms with E-state index in [1.807, 2.05) is 6.07 Å². The highest BCUT2D eigenvalue weighted by atomic mass is 15.3. The first-order valence-corrected chi connectivity index (χ1v) is 16.7. The van der Waals surface area contributed by atoms with Crippen molar-refractivity contribution in [1.82, 2.24) is 9.88 Å². The Kier molecular flexibility index (Phi) is 7.83. The zero-order chi connectivity index (χ0) is 28.8. The summed E-state index contributed by atoms with van der Waals surface area (Å²) in [4.78, 5) is 10.5. The molecule has 5 aliphatic rings. The van der Waals surface area contributed by atoms with E-state index in [-0.39, 0.29) is 0 Å². The summed E-state index contributed by atoms with van der Waals surface area (Å²) < 4.78 is 0. The number of aryl methyl sites for hydroxylation is 1. The third-order valence-corrected chi connectivity index (χ3v) is 11.8. The summed E-state index contributed by atoms with van der Waals surface area (Å²) >= 11 is 0. The summed E-state index contributed by atoms with van der Waals surface area (Å²) in [5.41, 5.74) is 16.6.